The summed E-state index contributed by atoms with van der Waals surface area (Å²) in [5, 5.41) is 12.3. The summed E-state index contributed by atoms with van der Waals surface area (Å²) in [7, 11) is 0. The molecule has 2 rings (SSSR count). The number of nitrogens with one attached hydrogen (secondary N) is 1. The van der Waals surface area contributed by atoms with Gasteiger partial charge in [-0.15, -0.1) is 0 Å². The number of rotatable bonds is 3. The fourth-order valence-electron chi connectivity index (χ4n) is 2.52. The average Bonchev–Trinajstić information content (AvgIpc) is 2.53. The zero-order chi connectivity index (χ0) is 13.8. The molecule has 1 aliphatic heterocycles. The van der Waals surface area contributed by atoms with Gasteiger partial charge in [0.2, 0.25) is 5.91 Å². The number of aryl methyl sites for hydroxylation is 1. The Balaban J connectivity index is 2.30. The molecule has 0 spiro atoms. The molecular formula is C15H22N2O2. The van der Waals surface area contributed by atoms with Crippen LogP contribution in [0.4, 0.5) is 5.69 Å². The summed E-state index contributed by atoms with van der Waals surface area (Å²) in [6.07, 6.45) is 0.466. The lowest BCUT2D eigenvalue weighted by atomic mass is 10.1. The number of anilines is 1. The van der Waals surface area contributed by atoms with Gasteiger partial charge in [-0.1, -0.05) is 25.1 Å². The molecular weight excluding hydrogens is 240 g/mol. The Kier molecular flexibility index (Phi) is 4.56. The van der Waals surface area contributed by atoms with E-state index in [-0.39, 0.29) is 18.6 Å². The summed E-state index contributed by atoms with van der Waals surface area (Å²) in [5.41, 5.74) is 2.08. The molecule has 19 heavy (non-hydrogen) atoms. The minimum Gasteiger partial charge on any atom is -0.396 e. The molecule has 1 aromatic rings. The Labute approximate surface area is 114 Å². The molecule has 1 aromatic carbocycles. The summed E-state index contributed by atoms with van der Waals surface area (Å²) < 4.78 is 0. The van der Waals surface area contributed by atoms with E-state index >= 15 is 0 Å². The monoisotopic (exact) mass is 262 g/mol. The maximum atomic E-state index is 12.6. The van der Waals surface area contributed by atoms with Crippen LogP contribution in [-0.4, -0.2) is 36.8 Å². The van der Waals surface area contributed by atoms with E-state index in [2.05, 4.69) is 12.2 Å². The Morgan fingerprint density at radius 3 is 2.84 bits per heavy atom. The highest BCUT2D eigenvalue weighted by Crippen LogP contribution is 2.23. The SMILES string of the molecule is Cc1ccccc1N1CC(C)CNC(CCO)C1=O. The maximum Gasteiger partial charge on any atom is 0.244 e. The first-order valence-corrected chi connectivity index (χ1v) is 6.84. The number of benzene rings is 1. The standard InChI is InChI=1S/C15H22N2O2/c1-11-9-16-13(7-8-18)15(19)17(10-11)14-6-4-3-5-12(14)2/h3-6,11,13,16,18H,7-10H2,1-2H3. The maximum absolute atomic E-state index is 12.6. The molecule has 0 bridgehead atoms. The van der Waals surface area contributed by atoms with Gasteiger partial charge in [-0.2, -0.15) is 0 Å². The van der Waals surface area contributed by atoms with Gasteiger partial charge in [0.05, 0.1) is 6.04 Å². The van der Waals surface area contributed by atoms with Crippen LogP contribution in [0.15, 0.2) is 24.3 Å². The summed E-state index contributed by atoms with van der Waals surface area (Å²) in [6.45, 7) is 5.70. The second-order valence-corrected chi connectivity index (χ2v) is 5.31. The largest absolute Gasteiger partial charge is 0.396 e. The van der Waals surface area contributed by atoms with Crippen molar-refractivity contribution in [1.82, 2.24) is 5.32 Å². The number of hydrogen-bond acceptors (Lipinski definition) is 3. The van der Waals surface area contributed by atoms with Crippen LogP contribution in [-0.2, 0) is 4.79 Å². The second-order valence-electron chi connectivity index (χ2n) is 5.31. The molecule has 2 N–H and O–H groups in total. The van der Waals surface area contributed by atoms with Crippen molar-refractivity contribution in [3.05, 3.63) is 29.8 Å². The van der Waals surface area contributed by atoms with E-state index in [0.717, 1.165) is 24.3 Å². The molecule has 1 saturated heterocycles. The van der Waals surface area contributed by atoms with Crippen molar-refractivity contribution in [3.8, 4) is 0 Å². The van der Waals surface area contributed by atoms with Crippen LogP contribution in [0.5, 0.6) is 0 Å². The van der Waals surface area contributed by atoms with Gasteiger partial charge in [-0.25, -0.2) is 0 Å². The first kappa shape index (κ1) is 14.0. The minimum atomic E-state index is -0.283. The van der Waals surface area contributed by atoms with Gasteiger partial charge in [-0.3, -0.25) is 4.79 Å². The van der Waals surface area contributed by atoms with Crippen LogP contribution in [0.2, 0.25) is 0 Å². The normalized spacial score (nSPS) is 24.4. The lowest BCUT2D eigenvalue weighted by Gasteiger charge is -2.26. The number of aliphatic hydroxyl groups excluding tert-OH is 1. The molecule has 2 atom stereocenters. The van der Waals surface area contributed by atoms with Crippen LogP contribution in [0.3, 0.4) is 0 Å². The number of amides is 1. The minimum absolute atomic E-state index is 0.0272. The van der Waals surface area contributed by atoms with E-state index in [4.69, 9.17) is 5.11 Å². The summed E-state index contributed by atoms with van der Waals surface area (Å²) in [6, 6.07) is 7.66. The Morgan fingerprint density at radius 1 is 1.42 bits per heavy atom. The smallest absolute Gasteiger partial charge is 0.244 e. The summed E-state index contributed by atoms with van der Waals surface area (Å²) in [4.78, 5) is 14.4. The van der Waals surface area contributed by atoms with E-state index in [9.17, 15) is 4.79 Å². The highest BCUT2D eigenvalue weighted by Gasteiger charge is 2.30. The zero-order valence-corrected chi connectivity index (χ0v) is 11.6. The van der Waals surface area contributed by atoms with Crippen molar-refractivity contribution in [3.63, 3.8) is 0 Å². The molecule has 0 aromatic heterocycles. The summed E-state index contributed by atoms with van der Waals surface area (Å²) in [5.74, 6) is 0.458. The summed E-state index contributed by atoms with van der Waals surface area (Å²) >= 11 is 0. The van der Waals surface area contributed by atoms with Crippen LogP contribution in [0, 0.1) is 12.8 Å². The van der Waals surface area contributed by atoms with E-state index in [1.165, 1.54) is 0 Å². The van der Waals surface area contributed by atoms with Crippen LogP contribution in [0.25, 0.3) is 0 Å². The molecule has 4 heteroatoms. The van der Waals surface area contributed by atoms with Gasteiger partial charge in [-0.05, 0) is 30.9 Å². The van der Waals surface area contributed by atoms with Gasteiger partial charge in [0, 0.05) is 25.4 Å². The molecule has 0 radical (unpaired) electrons. The van der Waals surface area contributed by atoms with Crippen molar-refractivity contribution in [2.45, 2.75) is 26.3 Å². The molecule has 2 unspecified atom stereocenters. The zero-order valence-electron chi connectivity index (χ0n) is 11.6. The predicted octanol–water partition coefficient (Wildman–Crippen LogP) is 1.32. The third kappa shape index (κ3) is 3.14. The molecule has 1 fully saturated rings. The lowest BCUT2D eigenvalue weighted by Crippen LogP contribution is -2.44. The molecule has 0 saturated carbocycles. The molecule has 0 aliphatic carbocycles. The quantitative estimate of drug-likeness (QED) is 0.864. The number of nitrogens with zero attached hydrogens (tertiary/aromatic N) is 1. The Bertz CT molecular complexity index is 448. The predicted molar refractivity (Wildman–Crippen MR) is 76.2 cm³/mol. The van der Waals surface area contributed by atoms with Crippen molar-refractivity contribution in [1.29, 1.82) is 0 Å². The second kappa shape index (κ2) is 6.17. The molecule has 4 nitrogen and oxygen atoms in total. The number of hydrogen-bond donors (Lipinski definition) is 2. The fraction of sp³-hybridized carbons (Fsp3) is 0.533. The number of para-hydroxylation sites is 1. The van der Waals surface area contributed by atoms with Gasteiger partial charge in [0.1, 0.15) is 0 Å². The first-order chi connectivity index (χ1) is 9.13. The van der Waals surface area contributed by atoms with E-state index in [0.29, 0.717) is 12.3 Å². The van der Waals surface area contributed by atoms with Crippen LogP contribution < -0.4 is 10.2 Å². The van der Waals surface area contributed by atoms with Crippen molar-refractivity contribution < 1.29 is 9.90 Å². The fourth-order valence-corrected chi connectivity index (χ4v) is 2.52. The topological polar surface area (TPSA) is 52.6 Å². The average molecular weight is 262 g/mol. The number of carbonyl (C=O) groups excluding carboxylic acids is 1. The Hall–Kier alpha value is -1.39. The van der Waals surface area contributed by atoms with Crippen molar-refractivity contribution in [2.75, 3.05) is 24.6 Å². The molecule has 1 heterocycles. The third-order valence-electron chi connectivity index (χ3n) is 3.60. The molecule has 1 amide bonds. The van der Waals surface area contributed by atoms with E-state index in [1.54, 1.807) is 0 Å². The van der Waals surface area contributed by atoms with E-state index in [1.807, 2.05) is 36.1 Å². The van der Waals surface area contributed by atoms with Crippen LogP contribution in [0.1, 0.15) is 18.9 Å². The molecule has 1 aliphatic rings. The van der Waals surface area contributed by atoms with Gasteiger partial charge in [0.25, 0.3) is 0 Å². The van der Waals surface area contributed by atoms with Gasteiger partial charge in [0.15, 0.2) is 0 Å². The highest BCUT2D eigenvalue weighted by molar-refractivity contribution is 5.98. The number of carbonyl (C=O) groups is 1. The highest BCUT2D eigenvalue weighted by atomic mass is 16.3. The van der Waals surface area contributed by atoms with Gasteiger partial charge >= 0.3 is 0 Å². The van der Waals surface area contributed by atoms with Crippen LogP contribution >= 0.6 is 0 Å². The third-order valence-corrected chi connectivity index (χ3v) is 3.60. The first-order valence-electron chi connectivity index (χ1n) is 6.84. The molecule has 104 valence electrons. The van der Waals surface area contributed by atoms with Gasteiger partial charge < -0.3 is 15.3 Å². The Morgan fingerprint density at radius 2 is 2.16 bits per heavy atom. The number of aliphatic hydroxyl groups is 1. The van der Waals surface area contributed by atoms with Crippen molar-refractivity contribution in [2.24, 2.45) is 5.92 Å². The van der Waals surface area contributed by atoms with E-state index < -0.39 is 0 Å². The lowest BCUT2D eigenvalue weighted by molar-refractivity contribution is -0.120. The van der Waals surface area contributed by atoms with Crippen molar-refractivity contribution >= 4 is 11.6 Å².